The first-order valence-electron chi connectivity index (χ1n) is 13.4. The molecule has 2 N–H and O–H groups in total. The first-order valence-corrected chi connectivity index (χ1v) is 14.2. The van der Waals surface area contributed by atoms with E-state index in [2.05, 4.69) is 31.4 Å². The second kappa shape index (κ2) is 11.3. The van der Waals surface area contributed by atoms with Crippen molar-refractivity contribution in [3.8, 4) is 17.2 Å². The van der Waals surface area contributed by atoms with Gasteiger partial charge in [0.1, 0.15) is 34.4 Å². The molecular formula is C31H34N4O4S. The fourth-order valence-electron chi connectivity index (χ4n) is 4.46. The number of aromatic nitrogens is 2. The first-order chi connectivity index (χ1) is 19.1. The van der Waals surface area contributed by atoms with Crippen molar-refractivity contribution in [3.05, 3.63) is 78.1 Å². The molecule has 1 saturated heterocycles. The summed E-state index contributed by atoms with van der Waals surface area (Å²) in [5, 5.41) is 5.57. The third-order valence-electron chi connectivity index (χ3n) is 7.28. The van der Waals surface area contributed by atoms with Crippen LogP contribution in [-0.4, -0.2) is 31.5 Å². The van der Waals surface area contributed by atoms with E-state index in [0.717, 1.165) is 51.4 Å². The van der Waals surface area contributed by atoms with Gasteiger partial charge in [0.15, 0.2) is 0 Å². The van der Waals surface area contributed by atoms with Crippen LogP contribution in [0.15, 0.2) is 66.7 Å². The summed E-state index contributed by atoms with van der Waals surface area (Å²) in [7, 11) is 1.96. The number of hydrogen-bond donors (Lipinski definition) is 2. The minimum absolute atomic E-state index is 0.250. The van der Waals surface area contributed by atoms with Gasteiger partial charge in [-0.3, -0.25) is 14.9 Å². The van der Waals surface area contributed by atoms with Crippen molar-refractivity contribution in [2.45, 2.75) is 51.5 Å². The molecule has 0 radical (unpaired) electrons. The molecule has 9 heteroatoms. The maximum atomic E-state index is 12.1. The van der Waals surface area contributed by atoms with Crippen molar-refractivity contribution < 1.29 is 19.1 Å². The van der Waals surface area contributed by atoms with Crippen LogP contribution < -0.4 is 20.1 Å². The Morgan fingerprint density at radius 1 is 0.975 bits per heavy atom. The zero-order valence-electron chi connectivity index (χ0n) is 23.4. The van der Waals surface area contributed by atoms with E-state index in [0.29, 0.717) is 30.7 Å². The topological polar surface area (TPSA) is 94.5 Å². The van der Waals surface area contributed by atoms with Crippen LogP contribution in [0.1, 0.15) is 39.1 Å². The van der Waals surface area contributed by atoms with E-state index in [9.17, 15) is 9.59 Å². The highest BCUT2D eigenvalue weighted by molar-refractivity contribution is 8.16. The molecule has 0 aliphatic carbocycles. The molecule has 0 saturated carbocycles. The van der Waals surface area contributed by atoms with E-state index < -0.39 is 4.75 Å². The van der Waals surface area contributed by atoms with E-state index in [1.54, 1.807) is 6.92 Å². The first kappa shape index (κ1) is 27.6. The van der Waals surface area contributed by atoms with Gasteiger partial charge in [-0.05, 0) is 92.0 Å². The third-order valence-corrected chi connectivity index (χ3v) is 8.34. The van der Waals surface area contributed by atoms with Crippen LogP contribution in [0.25, 0.3) is 11.0 Å². The summed E-state index contributed by atoms with van der Waals surface area (Å²) in [4.78, 5) is 28.4. The lowest BCUT2D eigenvalue weighted by Gasteiger charge is -2.19. The van der Waals surface area contributed by atoms with E-state index in [1.165, 1.54) is 0 Å². The van der Waals surface area contributed by atoms with Crippen molar-refractivity contribution in [1.82, 2.24) is 14.9 Å². The maximum Gasteiger partial charge on any atom is 0.286 e. The zero-order valence-corrected chi connectivity index (χ0v) is 24.2. The van der Waals surface area contributed by atoms with Crippen molar-refractivity contribution in [3.63, 3.8) is 0 Å². The molecule has 2 heterocycles. The van der Waals surface area contributed by atoms with Gasteiger partial charge in [-0.25, -0.2) is 4.98 Å². The largest absolute Gasteiger partial charge is 0.486 e. The number of thioether (sulfide) groups is 1. The molecule has 2 amide bonds. The molecule has 3 aromatic carbocycles. The number of fused-ring (bicyclic) bond motifs is 1. The maximum absolute atomic E-state index is 12.1. The summed E-state index contributed by atoms with van der Waals surface area (Å²) >= 11 is 1.04. The Bertz CT molecular complexity index is 1530. The third kappa shape index (κ3) is 6.09. The quantitative estimate of drug-likeness (QED) is 0.224. The van der Waals surface area contributed by atoms with Crippen LogP contribution in [0.2, 0.25) is 0 Å². The summed E-state index contributed by atoms with van der Waals surface area (Å²) < 4.78 is 13.3. The number of ether oxygens (including phenoxy) is 2. The second-order valence-corrected chi connectivity index (χ2v) is 12.2. The minimum Gasteiger partial charge on any atom is -0.486 e. The fraction of sp³-hybridized carbons (Fsp3) is 0.323. The highest BCUT2D eigenvalue weighted by Gasteiger charge is 2.43. The summed E-state index contributed by atoms with van der Waals surface area (Å²) in [6, 6.07) is 21.8. The van der Waals surface area contributed by atoms with Crippen LogP contribution in [0, 0.1) is 5.92 Å². The Kier molecular flexibility index (Phi) is 7.76. The van der Waals surface area contributed by atoms with Gasteiger partial charge in [-0.1, -0.05) is 26.0 Å². The number of rotatable bonds is 10. The molecule has 208 valence electrons. The number of nitrogens with zero attached hydrogens (tertiary/aromatic N) is 2. The molecular weight excluding hydrogens is 524 g/mol. The minimum atomic E-state index is -0.790. The van der Waals surface area contributed by atoms with Crippen molar-refractivity contribution in [1.29, 1.82) is 0 Å². The monoisotopic (exact) mass is 558 g/mol. The normalized spacial score (nSPS) is 17.8. The smallest absolute Gasteiger partial charge is 0.286 e. The number of benzene rings is 3. The van der Waals surface area contributed by atoms with Crippen LogP contribution in [0.3, 0.4) is 0 Å². The summed E-state index contributed by atoms with van der Waals surface area (Å²) in [5.41, 5.74) is 3.84. The molecule has 1 aromatic heterocycles. The Hall–Kier alpha value is -3.98. The van der Waals surface area contributed by atoms with Crippen molar-refractivity contribution >= 4 is 39.6 Å². The lowest BCUT2D eigenvalue weighted by atomic mass is 9.99. The molecule has 1 aliphatic rings. The number of carbonyl (C=O) groups is 2. The van der Waals surface area contributed by atoms with Gasteiger partial charge in [0.2, 0.25) is 5.91 Å². The SMILES string of the molecule is CC(C)C(C)Nc1ccc(Oc2ccc3nc(COc4ccc(C[C@@]5(C)SC(=O)NC5=O)cc4)n(C)c3c2)cc1. The van der Waals surface area contributed by atoms with E-state index in [1.807, 2.05) is 78.3 Å². The molecule has 8 nitrogen and oxygen atoms in total. The summed E-state index contributed by atoms with van der Waals surface area (Å²) in [5.74, 6) is 3.29. The highest BCUT2D eigenvalue weighted by Crippen LogP contribution is 2.35. The van der Waals surface area contributed by atoms with Crippen molar-refractivity contribution in [2.75, 3.05) is 5.32 Å². The Morgan fingerprint density at radius 2 is 1.65 bits per heavy atom. The van der Waals surface area contributed by atoms with Gasteiger partial charge < -0.3 is 19.4 Å². The molecule has 4 aromatic rings. The number of amides is 2. The number of imidazole rings is 1. The van der Waals surface area contributed by atoms with Gasteiger partial charge >= 0.3 is 0 Å². The van der Waals surface area contributed by atoms with Crippen LogP contribution in [0.5, 0.6) is 17.2 Å². The molecule has 40 heavy (non-hydrogen) atoms. The lowest BCUT2D eigenvalue weighted by Crippen LogP contribution is -2.35. The van der Waals surface area contributed by atoms with Crippen LogP contribution in [0.4, 0.5) is 10.5 Å². The van der Waals surface area contributed by atoms with Crippen molar-refractivity contribution in [2.24, 2.45) is 13.0 Å². The van der Waals surface area contributed by atoms with E-state index in [4.69, 9.17) is 14.5 Å². The average Bonchev–Trinajstić information content (AvgIpc) is 3.37. The zero-order chi connectivity index (χ0) is 28.4. The van der Waals surface area contributed by atoms with E-state index in [-0.39, 0.29) is 11.1 Å². The lowest BCUT2D eigenvalue weighted by molar-refractivity contribution is -0.121. The number of nitrogens with one attached hydrogen (secondary N) is 2. The number of anilines is 1. The van der Waals surface area contributed by atoms with Gasteiger partial charge in [-0.15, -0.1) is 0 Å². The summed E-state index contributed by atoms with van der Waals surface area (Å²) in [6.07, 6.45) is 0.461. The molecule has 1 unspecified atom stereocenters. The van der Waals surface area contributed by atoms with Gasteiger partial charge in [0, 0.05) is 24.8 Å². The number of aryl methyl sites for hydroxylation is 1. The highest BCUT2D eigenvalue weighted by atomic mass is 32.2. The van der Waals surface area contributed by atoms with Crippen LogP contribution >= 0.6 is 11.8 Å². The fourth-order valence-corrected chi connectivity index (χ4v) is 5.39. The Morgan fingerprint density at radius 3 is 2.30 bits per heavy atom. The molecule has 2 atom stereocenters. The Balaban J connectivity index is 1.21. The summed E-state index contributed by atoms with van der Waals surface area (Å²) in [6.45, 7) is 8.66. The predicted octanol–water partition coefficient (Wildman–Crippen LogP) is 6.69. The molecule has 5 rings (SSSR count). The Labute approximate surface area is 238 Å². The predicted molar refractivity (Wildman–Crippen MR) is 159 cm³/mol. The number of hydrogen-bond acceptors (Lipinski definition) is 7. The molecule has 1 aliphatic heterocycles. The van der Waals surface area contributed by atoms with Gasteiger partial charge in [-0.2, -0.15) is 0 Å². The van der Waals surface area contributed by atoms with Crippen LogP contribution in [-0.2, 0) is 24.9 Å². The standard InChI is InChI=1S/C31H34N4O4S/c1-19(2)20(3)32-22-8-12-24(13-9-22)39-25-14-15-26-27(16-25)35(5)28(33-26)18-38-23-10-6-21(7-11-23)17-31(4)29(36)34-30(37)40-31/h6-16,19-20,32H,17-18H2,1-5H3,(H,34,36,37)/t20?,31-/m1/s1. The second-order valence-electron chi connectivity index (χ2n) is 10.7. The van der Waals surface area contributed by atoms with E-state index >= 15 is 0 Å². The average molecular weight is 559 g/mol. The molecule has 1 fully saturated rings. The molecule has 0 bridgehead atoms. The number of imide groups is 1. The van der Waals surface area contributed by atoms with Gasteiger partial charge in [0.25, 0.3) is 5.24 Å². The molecule has 0 spiro atoms. The number of carbonyl (C=O) groups excluding carboxylic acids is 2. The van der Waals surface area contributed by atoms with Gasteiger partial charge in [0.05, 0.1) is 11.0 Å².